The molecule has 1 aliphatic rings. The van der Waals surface area contributed by atoms with Crippen LogP contribution in [0.5, 0.6) is 0 Å². The summed E-state index contributed by atoms with van der Waals surface area (Å²) in [6.07, 6.45) is 0. The number of fused-ring (bicyclic) bond motifs is 1. The number of piperazine rings is 1. The smallest absolute Gasteiger partial charge is 0.270 e. The van der Waals surface area contributed by atoms with Gasteiger partial charge in [-0.2, -0.15) is 0 Å². The van der Waals surface area contributed by atoms with Crippen molar-refractivity contribution in [2.24, 2.45) is 0 Å². The SMILES string of the molecule is O=S(=O)(c1ccccc1Br)n1c(N2CCN(Cc3ccccc3)CC2)cc2ccccc21. The Bertz CT molecular complexity index is 1340. The second-order valence-electron chi connectivity index (χ2n) is 8.01. The first kappa shape index (κ1) is 21.2. The highest BCUT2D eigenvalue weighted by molar-refractivity contribution is 9.10. The van der Waals surface area contributed by atoms with E-state index >= 15 is 0 Å². The van der Waals surface area contributed by atoms with E-state index in [0.717, 1.165) is 43.9 Å². The number of rotatable bonds is 5. The summed E-state index contributed by atoms with van der Waals surface area (Å²) < 4.78 is 29.7. The summed E-state index contributed by atoms with van der Waals surface area (Å²) in [6.45, 7) is 4.22. The van der Waals surface area contributed by atoms with Crippen LogP contribution >= 0.6 is 15.9 Å². The van der Waals surface area contributed by atoms with E-state index in [-0.39, 0.29) is 4.90 Å². The minimum atomic E-state index is -3.78. The number of benzene rings is 3. The number of para-hydroxylation sites is 1. The zero-order valence-electron chi connectivity index (χ0n) is 17.6. The summed E-state index contributed by atoms with van der Waals surface area (Å²) >= 11 is 3.43. The van der Waals surface area contributed by atoms with Crippen LogP contribution in [0, 0.1) is 0 Å². The maximum atomic E-state index is 13.8. The highest BCUT2D eigenvalue weighted by atomic mass is 79.9. The Balaban J connectivity index is 1.49. The molecule has 0 atom stereocenters. The van der Waals surface area contributed by atoms with Crippen LogP contribution in [-0.2, 0) is 16.6 Å². The first-order valence-corrected chi connectivity index (χ1v) is 12.9. The first-order chi connectivity index (χ1) is 15.5. The molecule has 1 fully saturated rings. The zero-order valence-corrected chi connectivity index (χ0v) is 20.0. The zero-order chi connectivity index (χ0) is 22.1. The second kappa shape index (κ2) is 8.73. The molecule has 5 rings (SSSR count). The summed E-state index contributed by atoms with van der Waals surface area (Å²) in [4.78, 5) is 4.88. The van der Waals surface area contributed by atoms with E-state index < -0.39 is 10.0 Å². The predicted octanol–water partition coefficient (Wildman–Crippen LogP) is 4.96. The molecule has 0 spiro atoms. The van der Waals surface area contributed by atoms with Crippen molar-refractivity contribution >= 4 is 42.7 Å². The number of anilines is 1. The normalized spacial score (nSPS) is 15.3. The number of halogens is 1. The third kappa shape index (κ3) is 3.96. The van der Waals surface area contributed by atoms with Crippen molar-refractivity contribution in [2.75, 3.05) is 31.1 Å². The first-order valence-electron chi connectivity index (χ1n) is 10.7. The molecular weight excluding hydrogens is 486 g/mol. The van der Waals surface area contributed by atoms with Gasteiger partial charge in [0.15, 0.2) is 0 Å². The summed E-state index contributed by atoms with van der Waals surface area (Å²) in [7, 11) is -3.78. The van der Waals surface area contributed by atoms with E-state index in [1.54, 1.807) is 18.2 Å². The monoisotopic (exact) mass is 509 g/mol. The lowest BCUT2D eigenvalue weighted by atomic mass is 10.2. The summed E-state index contributed by atoms with van der Waals surface area (Å²) in [5.41, 5.74) is 2.00. The van der Waals surface area contributed by atoms with Crippen molar-refractivity contribution in [3.8, 4) is 0 Å². The average Bonchev–Trinajstić information content (AvgIpc) is 3.21. The van der Waals surface area contributed by atoms with Crippen LogP contribution in [0.25, 0.3) is 10.9 Å². The fourth-order valence-electron chi connectivity index (χ4n) is 4.32. The Morgan fingerprint density at radius 2 is 1.44 bits per heavy atom. The van der Waals surface area contributed by atoms with E-state index in [2.05, 4.69) is 50.0 Å². The third-order valence-electron chi connectivity index (χ3n) is 5.95. The minimum absolute atomic E-state index is 0.269. The number of aromatic nitrogens is 1. The fraction of sp³-hybridized carbons (Fsp3) is 0.200. The Hall–Kier alpha value is -2.61. The molecule has 0 radical (unpaired) electrons. The lowest BCUT2D eigenvalue weighted by Crippen LogP contribution is -2.46. The van der Waals surface area contributed by atoms with Crippen molar-refractivity contribution in [3.05, 3.63) is 95.0 Å². The molecule has 4 aromatic rings. The van der Waals surface area contributed by atoms with Gasteiger partial charge in [0.05, 0.1) is 5.52 Å². The van der Waals surface area contributed by atoms with E-state index in [9.17, 15) is 8.42 Å². The Morgan fingerprint density at radius 3 is 2.19 bits per heavy atom. The highest BCUT2D eigenvalue weighted by Crippen LogP contribution is 2.34. The molecule has 164 valence electrons. The lowest BCUT2D eigenvalue weighted by molar-refractivity contribution is 0.249. The number of hydrogen-bond donors (Lipinski definition) is 0. The van der Waals surface area contributed by atoms with E-state index in [0.29, 0.717) is 9.99 Å². The van der Waals surface area contributed by atoms with Gasteiger partial charge in [0, 0.05) is 42.6 Å². The van der Waals surface area contributed by atoms with Crippen LogP contribution < -0.4 is 4.90 Å². The van der Waals surface area contributed by atoms with Crippen LogP contribution in [0.3, 0.4) is 0 Å². The molecule has 32 heavy (non-hydrogen) atoms. The molecule has 2 heterocycles. The van der Waals surface area contributed by atoms with Gasteiger partial charge in [-0.1, -0.05) is 60.7 Å². The molecule has 1 aliphatic heterocycles. The van der Waals surface area contributed by atoms with Gasteiger partial charge in [-0.15, -0.1) is 0 Å². The standard InChI is InChI=1S/C25H24BrN3O2S/c26-22-11-5-7-13-24(22)32(30,31)29-23-12-6-4-10-21(23)18-25(29)28-16-14-27(15-17-28)19-20-8-2-1-3-9-20/h1-13,18H,14-17,19H2. The van der Waals surface area contributed by atoms with Crippen molar-refractivity contribution in [1.82, 2.24) is 8.87 Å². The summed E-state index contributed by atoms with van der Waals surface area (Å²) in [6, 6.07) is 27.1. The van der Waals surface area contributed by atoms with Crippen LogP contribution in [-0.4, -0.2) is 43.5 Å². The third-order valence-corrected chi connectivity index (χ3v) is 8.68. The quantitative estimate of drug-likeness (QED) is 0.381. The number of nitrogens with zero attached hydrogens (tertiary/aromatic N) is 3. The summed E-state index contributed by atoms with van der Waals surface area (Å²) in [5.74, 6) is 0.723. The molecule has 0 unspecified atom stereocenters. The van der Waals surface area contributed by atoms with Gasteiger partial charge in [-0.25, -0.2) is 12.4 Å². The van der Waals surface area contributed by atoms with Crippen LogP contribution in [0.2, 0.25) is 0 Å². The maximum Gasteiger partial charge on any atom is 0.270 e. The topological polar surface area (TPSA) is 45.6 Å². The largest absolute Gasteiger partial charge is 0.355 e. The van der Waals surface area contributed by atoms with E-state index in [1.165, 1.54) is 9.54 Å². The maximum absolute atomic E-state index is 13.8. The van der Waals surface area contributed by atoms with Crippen LogP contribution in [0.1, 0.15) is 5.56 Å². The average molecular weight is 510 g/mol. The van der Waals surface area contributed by atoms with Gasteiger partial charge >= 0.3 is 0 Å². The molecule has 0 bridgehead atoms. The van der Waals surface area contributed by atoms with Gasteiger partial charge in [-0.3, -0.25) is 4.90 Å². The Kier molecular flexibility index (Phi) is 5.80. The Labute approximate surface area is 197 Å². The van der Waals surface area contributed by atoms with Crippen molar-refractivity contribution in [1.29, 1.82) is 0 Å². The molecule has 0 saturated carbocycles. The molecule has 5 nitrogen and oxygen atoms in total. The summed E-state index contributed by atoms with van der Waals surface area (Å²) in [5, 5.41) is 0.921. The molecule has 7 heteroatoms. The molecular formula is C25H24BrN3O2S. The van der Waals surface area contributed by atoms with Crippen molar-refractivity contribution < 1.29 is 8.42 Å². The highest BCUT2D eigenvalue weighted by Gasteiger charge is 2.29. The molecule has 0 amide bonds. The van der Waals surface area contributed by atoms with Gasteiger partial charge in [-0.05, 0) is 45.8 Å². The van der Waals surface area contributed by atoms with E-state index in [4.69, 9.17) is 0 Å². The predicted molar refractivity (Wildman–Crippen MR) is 133 cm³/mol. The van der Waals surface area contributed by atoms with Gasteiger partial charge in [0.1, 0.15) is 10.7 Å². The number of hydrogen-bond acceptors (Lipinski definition) is 4. The lowest BCUT2D eigenvalue weighted by Gasteiger charge is -2.36. The molecule has 1 saturated heterocycles. The van der Waals surface area contributed by atoms with Crippen LogP contribution in [0.15, 0.2) is 94.3 Å². The Morgan fingerprint density at radius 1 is 0.781 bits per heavy atom. The van der Waals surface area contributed by atoms with Crippen molar-refractivity contribution in [2.45, 2.75) is 11.4 Å². The molecule has 3 aromatic carbocycles. The van der Waals surface area contributed by atoms with Gasteiger partial charge < -0.3 is 4.90 Å². The second-order valence-corrected chi connectivity index (χ2v) is 10.6. The minimum Gasteiger partial charge on any atom is -0.355 e. The van der Waals surface area contributed by atoms with Gasteiger partial charge in [0.2, 0.25) is 0 Å². The van der Waals surface area contributed by atoms with E-state index in [1.807, 2.05) is 42.5 Å². The van der Waals surface area contributed by atoms with Crippen molar-refractivity contribution in [3.63, 3.8) is 0 Å². The molecule has 0 aliphatic carbocycles. The molecule has 1 aromatic heterocycles. The van der Waals surface area contributed by atoms with Crippen LogP contribution in [0.4, 0.5) is 5.82 Å². The van der Waals surface area contributed by atoms with Gasteiger partial charge in [0.25, 0.3) is 10.0 Å². The molecule has 0 N–H and O–H groups in total. The fourth-order valence-corrected chi connectivity index (χ4v) is 6.82.